The molecule has 1 fully saturated rings. The molecule has 102 valence electrons. The van der Waals surface area contributed by atoms with Crippen LogP contribution in [-0.4, -0.2) is 45.6 Å². The van der Waals surface area contributed by atoms with E-state index in [1.807, 2.05) is 0 Å². The first kappa shape index (κ1) is 14.2. The summed E-state index contributed by atoms with van der Waals surface area (Å²) in [4.78, 5) is 5.73. The lowest BCUT2D eigenvalue weighted by Gasteiger charge is -2.27. The van der Waals surface area contributed by atoms with Gasteiger partial charge < -0.3 is 9.55 Å². The maximum atomic E-state index is 5.39. The van der Waals surface area contributed by atoms with E-state index in [-0.39, 0.29) is 5.41 Å². The molecule has 3 nitrogen and oxygen atoms in total. The fraction of sp³-hybridized carbons (Fsp3) is 0.769. The highest BCUT2D eigenvalue weighted by atomic mass is 32.2. The molecule has 2 heterocycles. The van der Waals surface area contributed by atoms with E-state index in [0.29, 0.717) is 0 Å². The van der Waals surface area contributed by atoms with Crippen molar-refractivity contribution in [3.05, 3.63) is 16.7 Å². The van der Waals surface area contributed by atoms with Crippen molar-refractivity contribution in [2.45, 2.75) is 32.7 Å². The maximum Gasteiger partial charge on any atom is 0.177 e. The topological polar surface area (TPSA) is 24.0 Å². The summed E-state index contributed by atoms with van der Waals surface area (Å²) >= 11 is 7.45. The average molecular weight is 285 g/mol. The lowest BCUT2D eigenvalue weighted by Crippen LogP contribution is -2.35. The molecule has 0 aliphatic carbocycles. The molecule has 0 unspecified atom stereocenters. The Morgan fingerprint density at radius 2 is 1.94 bits per heavy atom. The van der Waals surface area contributed by atoms with Crippen molar-refractivity contribution >= 4 is 24.0 Å². The second-order valence-electron chi connectivity index (χ2n) is 5.83. The zero-order chi connectivity index (χ0) is 13.2. The molecular weight excluding hydrogens is 262 g/mol. The molecule has 0 aromatic carbocycles. The Balaban J connectivity index is 2.04. The van der Waals surface area contributed by atoms with Crippen LogP contribution in [0.5, 0.6) is 0 Å². The maximum absolute atomic E-state index is 5.39. The number of imidazole rings is 1. The van der Waals surface area contributed by atoms with Crippen molar-refractivity contribution in [1.82, 2.24) is 14.5 Å². The fourth-order valence-corrected chi connectivity index (χ4v) is 3.53. The van der Waals surface area contributed by atoms with Crippen molar-refractivity contribution < 1.29 is 0 Å². The van der Waals surface area contributed by atoms with Crippen molar-refractivity contribution in [1.29, 1.82) is 0 Å². The predicted molar refractivity (Wildman–Crippen MR) is 82.1 cm³/mol. The van der Waals surface area contributed by atoms with E-state index >= 15 is 0 Å². The van der Waals surface area contributed by atoms with Gasteiger partial charge in [0.05, 0.1) is 0 Å². The summed E-state index contributed by atoms with van der Waals surface area (Å²) in [6, 6.07) is 0. The monoisotopic (exact) mass is 285 g/mol. The molecule has 0 spiro atoms. The first-order valence-corrected chi connectivity index (χ1v) is 8.13. The highest BCUT2D eigenvalue weighted by Crippen LogP contribution is 2.22. The lowest BCUT2D eigenvalue weighted by molar-refractivity contribution is 0.285. The van der Waals surface area contributed by atoms with E-state index in [1.54, 1.807) is 0 Å². The number of hydrogen-bond donors (Lipinski definition) is 1. The Kier molecular flexibility index (Phi) is 4.56. The third-order valence-corrected chi connectivity index (χ3v) is 4.66. The Morgan fingerprint density at radius 3 is 2.56 bits per heavy atom. The minimum Gasteiger partial charge on any atom is -0.337 e. The van der Waals surface area contributed by atoms with Gasteiger partial charge in [0.15, 0.2) is 4.77 Å². The molecule has 0 radical (unpaired) electrons. The molecule has 1 aromatic rings. The lowest BCUT2D eigenvalue weighted by atomic mass is 9.92. The third kappa shape index (κ3) is 3.39. The summed E-state index contributed by atoms with van der Waals surface area (Å²) in [5, 5.41) is 0. The van der Waals surface area contributed by atoms with Gasteiger partial charge in [-0.05, 0) is 12.2 Å². The van der Waals surface area contributed by atoms with Crippen molar-refractivity contribution in [3.63, 3.8) is 0 Å². The van der Waals surface area contributed by atoms with Crippen LogP contribution in [0.1, 0.15) is 26.5 Å². The Bertz CT molecular complexity index is 436. The Hall–Kier alpha value is -0.260. The molecule has 0 amide bonds. The van der Waals surface area contributed by atoms with E-state index in [2.05, 4.69) is 53.2 Å². The summed E-state index contributed by atoms with van der Waals surface area (Å²) in [6.45, 7) is 11.2. The minimum atomic E-state index is 0.144. The number of rotatable bonds is 3. The molecule has 0 bridgehead atoms. The van der Waals surface area contributed by atoms with Crippen LogP contribution in [0.2, 0.25) is 0 Å². The Morgan fingerprint density at radius 1 is 1.28 bits per heavy atom. The number of nitrogens with one attached hydrogen (secondary N) is 1. The largest absolute Gasteiger partial charge is 0.337 e. The van der Waals surface area contributed by atoms with Gasteiger partial charge in [-0.3, -0.25) is 4.90 Å². The second-order valence-corrected chi connectivity index (χ2v) is 7.45. The Labute approximate surface area is 119 Å². The summed E-state index contributed by atoms with van der Waals surface area (Å²) in [6.07, 6.45) is 2.06. The quantitative estimate of drug-likeness (QED) is 0.864. The zero-order valence-corrected chi connectivity index (χ0v) is 13.2. The first-order valence-electron chi connectivity index (χ1n) is 6.57. The molecule has 1 N–H and O–H groups in total. The number of nitrogens with zero attached hydrogens (tertiary/aromatic N) is 2. The molecule has 1 aliphatic rings. The minimum absolute atomic E-state index is 0.144. The smallest absolute Gasteiger partial charge is 0.177 e. The van der Waals surface area contributed by atoms with Gasteiger partial charge in [-0.1, -0.05) is 20.8 Å². The second kappa shape index (κ2) is 5.80. The third-order valence-electron chi connectivity index (χ3n) is 3.38. The fourth-order valence-electron chi connectivity index (χ4n) is 2.30. The van der Waals surface area contributed by atoms with Crippen LogP contribution in [0.4, 0.5) is 0 Å². The molecule has 2 rings (SSSR count). The summed E-state index contributed by atoms with van der Waals surface area (Å²) in [5.74, 6) is 2.54. The van der Waals surface area contributed by atoms with Gasteiger partial charge >= 0.3 is 0 Å². The molecule has 0 saturated carbocycles. The van der Waals surface area contributed by atoms with Gasteiger partial charge in [-0.2, -0.15) is 11.8 Å². The molecule has 1 aliphatic heterocycles. The highest BCUT2D eigenvalue weighted by molar-refractivity contribution is 7.99. The van der Waals surface area contributed by atoms with Gasteiger partial charge in [0.25, 0.3) is 0 Å². The standard InChI is InChI=1S/C13H23N3S2/c1-13(2,3)11-10-14-12(17)16(11)5-4-15-6-8-18-9-7-15/h10H,4-9H2,1-3H3,(H,14,17). The van der Waals surface area contributed by atoms with Gasteiger partial charge in [-0.25, -0.2) is 0 Å². The van der Waals surface area contributed by atoms with Gasteiger partial charge in [0.1, 0.15) is 0 Å². The highest BCUT2D eigenvalue weighted by Gasteiger charge is 2.19. The van der Waals surface area contributed by atoms with Gasteiger partial charge in [0.2, 0.25) is 0 Å². The number of aromatic nitrogens is 2. The summed E-state index contributed by atoms with van der Waals surface area (Å²) < 4.78 is 3.11. The summed E-state index contributed by atoms with van der Waals surface area (Å²) in [5.41, 5.74) is 1.45. The molecule has 18 heavy (non-hydrogen) atoms. The van der Waals surface area contributed by atoms with Crippen molar-refractivity contribution in [3.8, 4) is 0 Å². The van der Waals surface area contributed by atoms with E-state index in [4.69, 9.17) is 12.2 Å². The van der Waals surface area contributed by atoms with Gasteiger partial charge in [-0.15, -0.1) is 0 Å². The van der Waals surface area contributed by atoms with Gasteiger partial charge in [0, 0.05) is 55.0 Å². The van der Waals surface area contributed by atoms with Crippen LogP contribution < -0.4 is 0 Å². The van der Waals surface area contributed by atoms with Crippen LogP contribution in [0, 0.1) is 4.77 Å². The van der Waals surface area contributed by atoms with E-state index in [1.165, 1.54) is 30.3 Å². The number of H-pyrrole nitrogens is 1. The average Bonchev–Trinajstić information content (AvgIpc) is 2.69. The molecule has 1 saturated heterocycles. The predicted octanol–water partition coefficient (Wildman–Crippen LogP) is 2.89. The van der Waals surface area contributed by atoms with Crippen LogP contribution in [0.25, 0.3) is 0 Å². The number of aromatic amines is 1. The molecular formula is C13H23N3S2. The number of hydrogen-bond acceptors (Lipinski definition) is 3. The van der Waals surface area contributed by atoms with E-state index < -0.39 is 0 Å². The van der Waals surface area contributed by atoms with Crippen LogP contribution >= 0.6 is 24.0 Å². The normalized spacial score (nSPS) is 18.2. The van der Waals surface area contributed by atoms with E-state index in [9.17, 15) is 0 Å². The van der Waals surface area contributed by atoms with Crippen molar-refractivity contribution in [2.24, 2.45) is 0 Å². The zero-order valence-electron chi connectivity index (χ0n) is 11.5. The van der Waals surface area contributed by atoms with Crippen LogP contribution in [-0.2, 0) is 12.0 Å². The number of thioether (sulfide) groups is 1. The van der Waals surface area contributed by atoms with E-state index in [0.717, 1.165) is 17.9 Å². The SMILES string of the molecule is CC(C)(C)c1c[nH]c(=S)n1CCN1CCSCC1. The molecule has 5 heteroatoms. The van der Waals surface area contributed by atoms with Crippen molar-refractivity contribution in [2.75, 3.05) is 31.1 Å². The molecule has 0 atom stereocenters. The first-order chi connectivity index (χ1) is 8.48. The molecule has 1 aromatic heterocycles. The summed E-state index contributed by atoms with van der Waals surface area (Å²) in [7, 11) is 0. The van der Waals surface area contributed by atoms with Crippen LogP contribution in [0.3, 0.4) is 0 Å². The van der Waals surface area contributed by atoms with Crippen LogP contribution in [0.15, 0.2) is 6.20 Å².